The molecule has 27 heavy (non-hydrogen) atoms. The van der Waals surface area contributed by atoms with E-state index >= 15 is 0 Å². The van der Waals surface area contributed by atoms with Crippen molar-refractivity contribution < 1.29 is 22.7 Å². The molecule has 0 aromatic heterocycles. The fourth-order valence-corrected chi connectivity index (χ4v) is 3.53. The van der Waals surface area contributed by atoms with Crippen LogP contribution in [0.15, 0.2) is 42.5 Å². The van der Waals surface area contributed by atoms with E-state index in [-0.39, 0.29) is 12.2 Å². The van der Waals surface area contributed by atoms with Crippen LogP contribution in [0.5, 0.6) is 5.75 Å². The number of rotatable bonds is 2. The van der Waals surface area contributed by atoms with Gasteiger partial charge >= 0.3 is 6.18 Å². The molecule has 0 spiro atoms. The molecule has 7 heteroatoms. The van der Waals surface area contributed by atoms with E-state index in [4.69, 9.17) is 4.74 Å². The summed E-state index contributed by atoms with van der Waals surface area (Å²) >= 11 is 0. The molecule has 0 bridgehead atoms. The number of fused-ring (bicyclic) bond motifs is 1. The Bertz CT molecular complexity index is 861. The van der Waals surface area contributed by atoms with Crippen molar-refractivity contribution in [1.82, 2.24) is 5.32 Å². The molecule has 0 aliphatic carbocycles. The lowest BCUT2D eigenvalue weighted by atomic mass is 9.95. The minimum Gasteiger partial charge on any atom is -0.484 e. The number of benzene rings is 2. The lowest BCUT2D eigenvalue weighted by Gasteiger charge is -2.31. The largest absolute Gasteiger partial charge is 0.484 e. The molecule has 142 valence electrons. The highest BCUT2D eigenvalue weighted by molar-refractivity contribution is 6.01. The molecule has 2 aliphatic heterocycles. The van der Waals surface area contributed by atoms with E-state index in [0.717, 1.165) is 44.0 Å². The summed E-state index contributed by atoms with van der Waals surface area (Å²) in [4.78, 5) is 14.9. The third-order valence-corrected chi connectivity index (χ3v) is 4.97. The summed E-state index contributed by atoms with van der Waals surface area (Å²) in [6.07, 6.45) is -5.11. The molecule has 2 aliphatic rings. The fraction of sp³-hybridized carbons (Fsp3) is 0.350. The summed E-state index contributed by atoms with van der Waals surface area (Å²) in [5.74, 6) is 0.309. The quantitative estimate of drug-likeness (QED) is 0.865. The molecule has 4 nitrogen and oxygen atoms in total. The standard InChI is InChI=1S/C20H19F3N2O2/c21-20(22,23)14-3-1-2-13(10-14)19-12-17(26)16-11-15(4-5-18(16)27-19)25-8-6-24-7-9-25/h1-5,10-11,19,24H,6-9,12H2. The number of Topliss-reactive ketones (excluding diaryl/α,β-unsaturated/α-hetero) is 1. The molecule has 0 radical (unpaired) electrons. The van der Waals surface area contributed by atoms with Gasteiger partial charge in [-0.05, 0) is 35.9 Å². The molecule has 0 saturated carbocycles. The molecule has 1 fully saturated rings. The Labute approximate surface area is 154 Å². The zero-order valence-electron chi connectivity index (χ0n) is 14.6. The van der Waals surface area contributed by atoms with Gasteiger partial charge < -0.3 is 15.0 Å². The first-order valence-corrected chi connectivity index (χ1v) is 8.88. The third-order valence-electron chi connectivity index (χ3n) is 4.97. The Morgan fingerprint density at radius 2 is 1.85 bits per heavy atom. The third kappa shape index (κ3) is 3.64. The lowest BCUT2D eigenvalue weighted by Crippen LogP contribution is -2.43. The van der Waals surface area contributed by atoms with Crippen molar-refractivity contribution in [2.24, 2.45) is 0 Å². The van der Waals surface area contributed by atoms with E-state index in [2.05, 4.69) is 10.2 Å². The van der Waals surface area contributed by atoms with Gasteiger partial charge in [-0.1, -0.05) is 12.1 Å². The number of piperazine rings is 1. The number of ketones is 1. The van der Waals surface area contributed by atoms with Gasteiger partial charge in [0.25, 0.3) is 0 Å². The van der Waals surface area contributed by atoms with Crippen molar-refractivity contribution in [1.29, 1.82) is 0 Å². The Kier molecular flexibility index (Phi) is 4.55. The number of nitrogens with one attached hydrogen (secondary N) is 1. The summed E-state index contributed by atoms with van der Waals surface area (Å²) in [6.45, 7) is 3.50. The van der Waals surface area contributed by atoms with Gasteiger partial charge in [0.15, 0.2) is 5.78 Å². The molecule has 1 atom stereocenters. The number of nitrogens with zero attached hydrogens (tertiary/aromatic N) is 1. The Morgan fingerprint density at radius 1 is 1.07 bits per heavy atom. The first-order valence-electron chi connectivity index (χ1n) is 8.88. The second kappa shape index (κ2) is 6.88. The average molecular weight is 376 g/mol. The smallest absolute Gasteiger partial charge is 0.416 e. The normalized spacial score (nSPS) is 20.2. The van der Waals surface area contributed by atoms with Crippen LogP contribution in [0.3, 0.4) is 0 Å². The Hall–Kier alpha value is -2.54. The van der Waals surface area contributed by atoms with E-state index in [9.17, 15) is 18.0 Å². The zero-order chi connectivity index (χ0) is 19.0. The van der Waals surface area contributed by atoms with Gasteiger partial charge in [0, 0.05) is 31.9 Å². The number of hydrogen-bond acceptors (Lipinski definition) is 4. The van der Waals surface area contributed by atoms with Crippen LogP contribution >= 0.6 is 0 Å². The number of hydrogen-bond donors (Lipinski definition) is 1. The molecular formula is C20H19F3N2O2. The SMILES string of the molecule is O=C1CC(c2cccc(C(F)(F)F)c2)Oc2ccc(N3CCNCC3)cc21. The first kappa shape index (κ1) is 17.9. The number of halogens is 3. The van der Waals surface area contributed by atoms with Crippen molar-refractivity contribution in [2.75, 3.05) is 31.1 Å². The highest BCUT2D eigenvalue weighted by atomic mass is 19.4. The molecule has 2 aromatic carbocycles. The van der Waals surface area contributed by atoms with Crippen LogP contribution in [0.2, 0.25) is 0 Å². The average Bonchev–Trinajstić information content (AvgIpc) is 2.68. The van der Waals surface area contributed by atoms with Crippen molar-refractivity contribution in [3.8, 4) is 5.75 Å². The molecule has 2 aromatic rings. The van der Waals surface area contributed by atoms with Crippen molar-refractivity contribution >= 4 is 11.5 Å². The highest BCUT2D eigenvalue weighted by Crippen LogP contribution is 2.38. The van der Waals surface area contributed by atoms with Crippen molar-refractivity contribution in [3.05, 3.63) is 59.2 Å². The van der Waals surface area contributed by atoms with Crippen LogP contribution in [-0.4, -0.2) is 32.0 Å². The summed E-state index contributed by atoms with van der Waals surface area (Å²) in [5.41, 5.74) is 1.07. The molecule has 4 rings (SSSR count). The number of alkyl halides is 3. The number of carbonyl (C=O) groups excluding carboxylic acids is 1. The van der Waals surface area contributed by atoms with Gasteiger partial charge in [-0.3, -0.25) is 4.79 Å². The summed E-state index contributed by atoms with van der Waals surface area (Å²) < 4.78 is 44.7. The summed E-state index contributed by atoms with van der Waals surface area (Å²) in [5, 5.41) is 3.28. The molecule has 2 heterocycles. The predicted molar refractivity (Wildman–Crippen MR) is 95.3 cm³/mol. The topological polar surface area (TPSA) is 41.6 Å². The summed E-state index contributed by atoms with van der Waals surface area (Å²) in [7, 11) is 0. The number of carbonyl (C=O) groups is 1. The van der Waals surface area contributed by atoms with Gasteiger partial charge in [0.2, 0.25) is 0 Å². The second-order valence-electron chi connectivity index (χ2n) is 6.77. The van der Waals surface area contributed by atoms with E-state index in [1.807, 2.05) is 12.1 Å². The maximum Gasteiger partial charge on any atom is 0.416 e. The number of anilines is 1. The van der Waals surface area contributed by atoms with Gasteiger partial charge in [-0.25, -0.2) is 0 Å². The molecule has 0 amide bonds. The fourth-order valence-electron chi connectivity index (χ4n) is 3.53. The maximum absolute atomic E-state index is 13.0. The van der Waals surface area contributed by atoms with Crippen LogP contribution in [0, 0.1) is 0 Å². The summed E-state index contributed by atoms with van der Waals surface area (Å²) in [6, 6.07) is 10.4. The van der Waals surface area contributed by atoms with Crippen LogP contribution in [0.25, 0.3) is 0 Å². The van der Waals surface area contributed by atoms with Crippen molar-refractivity contribution in [3.63, 3.8) is 0 Å². The Morgan fingerprint density at radius 3 is 2.59 bits per heavy atom. The minimum absolute atomic E-state index is 0.0271. The highest BCUT2D eigenvalue weighted by Gasteiger charge is 2.33. The molecule has 1 saturated heterocycles. The van der Waals surface area contributed by atoms with E-state index in [0.29, 0.717) is 16.9 Å². The Balaban J connectivity index is 1.59. The minimum atomic E-state index is -4.43. The monoisotopic (exact) mass is 376 g/mol. The maximum atomic E-state index is 13.0. The van der Waals surface area contributed by atoms with Crippen LogP contribution < -0.4 is 15.0 Å². The van der Waals surface area contributed by atoms with Gasteiger partial charge in [0.05, 0.1) is 17.5 Å². The number of ether oxygens (including phenoxy) is 1. The second-order valence-corrected chi connectivity index (χ2v) is 6.77. The van der Waals surface area contributed by atoms with Gasteiger partial charge in [-0.15, -0.1) is 0 Å². The predicted octanol–water partition coefficient (Wildman–Crippen LogP) is 3.82. The van der Waals surface area contributed by atoms with E-state index < -0.39 is 17.8 Å². The van der Waals surface area contributed by atoms with Crippen molar-refractivity contribution in [2.45, 2.75) is 18.7 Å². The van der Waals surface area contributed by atoms with E-state index in [1.54, 1.807) is 12.1 Å². The molecule has 1 N–H and O–H groups in total. The van der Waals surface area contributed by atoms with E-state index in [1.165, 1.54) is 6.07 Å². The van der Waals surface area contributed by atoms with Crippen LogP contribution in [0.4, 0.5) is 18.9 Å². The lowest BCUT2D eigenvalue weighted by molar-refractivity contribution is -0.137. The zero-order valence-corrected chi connectivity index (χ0v) is 14.6. The van der Waals surface area contributed by atoms with Gasteiger partial charge in [-0.2, -0.15) is 13.2 Å². The first-order chi connectivity index (χ1) is 12.9. The van der Waals surface area contributed by atoms with Crippen LogP contribution in [-0.2, 0) is 6.18 Å². The van der Waals surface area contributed by atoms with Crippen LogP contribution in [0.1, 0.15) is 34.0 Å². The molecule has 1 unspecified atom stereocenters. The molecular weight excluding hydrogens is 357 g/mol. The van der Waals surface area contributed by atoms with Gasteiger partial charge in [0.1, 0.15) is 11.9 Å².